The largest absolute Gasteiger partial charge is 0.548 e. The number of carboxylic acids is 1. The van der Waals surface area contributed by atoms with Gasteiger partial charge in [-0.15, -0.1) is 0 Å². The van der Waals surface area contributed by atoms with Gasteiger partial charge in [-0.05, 0) is 24.6 Å². The Kier molecular flexibility index (Phi) is 4.84. The van der Waals surface area contributed by atoms with E-state index in [4.69, 9.17) is 12.2 Å². The molecule has 1 aromatic rings. The van der Waals surface area contributed by atoms with Crippen molar-refractivity contribution >= 4 is 46.3 Å². The molecule has 0 saturated carbocycles. The molecule has 1 fully saturated rings. The monoisotopic (exact) mass is 323 g/mol. The zero-order chi connectivity index (χ0) is 15.6. The summed E-state index contributed by atoms with van der Waals surface area (Å²) in [6, 6.07) is 2.74. The quantitative estimate of drug-likeness (QED) is 0.601. The molecule has 7 heteroatoms. The molecular formula is C14H15N2O3S2-. The van der Waals surface area contributed by atoms with Gasteiger partial charge in [0.1, 0.15) is 4.32 Å². The van der Waals surface area contributed by atoms with E-state index in [2.05, 4.69) is 0 Å². The van der Waals surface area contributed by atoms with Gasteiger partial charge in [-0.3, -0.25) is 9.69 Å². The zero-order valence-electron chi connectivity index (χ0n) is 11.7. The molecule has 2 rings (SSSR count). The molecule has 0 spiro atoms. The van der Waals surface area contributed by atoms with E-state index in [0.717, 1.165) is 22.4 Å². The highest BCUT2D eigenvalue weighted by atomic mass is 32.2. The maximum Gasteiger partial charge on any atom is 0.266 e. The summed E-state index contributed by atoms with van der Waals surface area (Å²) in [5.74, 6) is -1.64. The molecule has 0 aromatic carbocycles. The Hall–Kier alpha value is -1.60. The highest BCUT2D eigenvalue weighted by Gasteiger charge is 2.37. The second kappa shape index (κ2) is 6.44. The van der Waals surface area contributed by atoms with Crippen LogP contribution in [0.5, 0.6) is 0 Å². The molecule has 112 valence electrons. The molecule has 1 aliphatic rings. The summed E-state index contributed by atoms with van der Waals surface area (Å²) in [5.41, 5.74) is 0.857. The first-order valence-corrected chi connectivity index (χ1v) is 7.77. The number of amides is 1. The van der Waals surface area contributed by atoms with E-state index in [0.29, 0.717) is 17.7 Å². The highest BCUT2D eigenvalue weighted by molar-refractivity contribution is 8.26. The van der Waals surface area contributed by atoms with E-state index in [1.54, 1.807) is 6.08 Å². The predicted octanol–water partition coefficient (Wildman–Crippen LogP) is 1.14. The molecular weight excluding hydrogens is 308 g/mol. The standard InChI is InChI=1S/C14H16N2O3S2/c1-3-5-10(13(18)19)16-12(17)11(21-14(16)20)8-9-6-4-7-15(9)2/h4,6-8,10H,3,5H2,1-2H3,(H,18,19)/p-1/b11-8+/t10-/m0/s1. The van der Waals surface area contributed by atoms with E-state index in [1.165, 1.54) is 0 Å². The summed E-state index contributed by atoms with van der Waals surface area (Å²) in [6.45, 7) is 1.85. The number of carboxylic acid groups (broad SMARTS) is 1. The van der Waals surface area contributed by atoms with Gasteiger partial charge in [0.05, 0.1) is 16.9 Å². The van der Waals surface area contributed by atoms with Crippen LogP contribution in [0.1, 0.15) is 25.5 Å². The number of rotatable bonds is 5. The van der Waals surface area contributed by atoms with Crippen LogP contribution >= 0.6 is 24.0 Å². The van der Waals surface area contributed by atoms with Crippen LogP contribution in [0.3, 0.4) is 0 Å². The number of thioether (sulfide) groups is 1. The van der Waals surface area contributed by atoms with Crippen molar-refractivity contribution in [1.82, 2.24) is 9.47 Å². The molecule has 5 nitrogen and oxygen atoms in total. The van der Waals surface area contributed by atoms with Crippen molar-refractivity contribution in [3.63, 3.8) is 0 Å². The Morgan fingerprint density at radius 2 is 2.29 bits per heavy atom. The lowest BCUT2D eigenvalue weighted by Gasteiger charge is -2.27. The first kappa shape index (κ1) is 15.8. The fourth-order valence-corrected chi connectivity index (χ4v) is 3.47. The van der Waals surface area contributed by atoms with Crippen LogP contribution in [-0.2, 0) is 16.6 Å². The third-order valence-corrected chi connectivity index (χ3v) is 4.56. The van der Waals surface area contributed by atoms with Gasteiger partial charge in [-0.2, -0.15) is 0 Å². The minimum Gasteiger partial charge on any atom is -0.548 e. The van der Waals surface area contributed by atoms with Crippen LogP contribution in [-0.4, -0.2) is 31.7 Å². The molecule has 21 heavy (non-hydrogen) atoms. The first-order valence-electron chi connectivity index (χ1n) is 6.55. The van der Waals surface area contributed by atoms with E-state index in [-0.39, 0.29) is 10.2 Å². The van der Waals surface area contributed by atoms with Gasteiger partial charge >= 0.3 is 0 Å². The smallest absolute Gasteiger partial charge is 0.266 e. The molecule has 1 aromatic heterocycles. The van der Waals surface area contributed by atoms with Gasteiger partial charge in [0.25, 0.3) is 5.91 Å². The number of hydrogen-bond donors (Lipinski definition) is 0. The third-order valence-electron chi connectivity index (χ3n) is 3.23. The number of aromatic nitrogens is 1. The Morgan fingerprint density at radius 3 is 2.81 bits per heavy atom. The number of carbonyl (C=O) groups excluding carboxylic acids is 2. The van der Waals surface area contributed by atoms with Gasteiger partial charge in [0, 0.05) is 18.9 Å². The van der Waals surface area contributed by atoms with Crippen LogP contribution < -0.4 is 5.11 Å². The van der Waals surface area contributed by atoms with Crippen molar-refractivity contribution in [1.29, 1.82) is 0 Å². The van der Waals surface area contributed by atoms with Crippen molar-refractivity contribution in [2.24, 2.45) is 7.05 Å². The molecule has 0 N–H and O–H groups in total. The summed E-state index contributed by atoms with van der Waals surface area (Å²) < 4.78 is 2.14. The average Bonchev–Trinajstić information content (AvgIpc) is 2.93. The molecule has 2 heterocycles. The van der Waals surface area contributed by atoms with E-state index in [9.17, 15) is 14.7 Å². The predicted molar refractivity (Wildman–Crippen MR) is 84.1 cm³/mol. The van der Waals surface area contributed by atoms with Crippen molar-refractivity contribution in [2.45, 2.75) is 25.8 Å². The third kappa shape index (κ3) is 3.19. The normalized spacial score (nSPS) is 18.6. The Bertz CT molecular complexity index is 621. The van der Waals surface area contributed by atoms with Gasteiger partial charge in [-0.1, -0.05) is 37.3 Å². The van der Waals surface area contributed by atoms with E-state index >= 15 is 0 Å². The van der Waals surface area contributed by atoms with Crippen molar-refractivity contribution in [2.75, 3.05) is 0 Å². The van der Waals surface area contributed by atoms with Crippen LogP contribution in [0.25, 0.3) is 6.08 Å². The molecule has 1 atom stereocenters. The summed E-state index contributed by atoms with van der Waals surface area (Å²) in [5, 5.41) is 11.2. The number of aliphatic carboxylic acids is 1. The topological polar surface area (TPSA) is 65.4 Å². The summed E-state index contributed by atoms with van der Waals surface area (Å²) in [7, 11) is 1.87. The Morgan fingerprint density at radius 1 is 1.57 bits per heavy atom. The van der Waals surface area contributed by atoms with Crippen LogP contribution in [0.4, 0.5) is 0 Å². The highest BCUT2D eigenvalue weighted by Crippen LogP contribution is 2.34. The van der Waals surface area contributed by atoms with Crippen molar-refractivity contribution in [3.05, 3.63) is 28.9 Å². The number of nitrogens with zero attached hydrogens (tertiary/aromatic N) is 2. The van der Waals surface area contributed by atoms with Gasteiger partial charge in [-0.25, -0.2) is 0 Å². The number of thiocarbonyl (C=S) groups is 1. The van der Waals surface area contributed by atoms with Crippen LogP contribution in [0.15, 0.2) is 23.2 Å². The number of aryl methyl sites for hydroxylation is 1. The van der Waals surface area contributed by atoms with Crippen LogP contribution in [0, 0.1) is 0 Å². The zero-order valence-corrected chi connectivity index (χ0v) is 13.4. The van der Waals surface area contributed by atoms with E-state index < -0.39 is 12.0 Å². The average molecular weight is 323 g/mol. The fraction of sp³-hybridized carbons (Fsp3) is 0.357. The molecule has 1 aliphatic heterocycles. The number of hydrogen-bond acceptors (Lipinski definition) is 5. The lowest BCUT2D eigenvalue weighted by atomic mass is 10.1. The van der Waals surface area contributed by atoms with Crippen LogP contribution in [0.2, 0.25) is 0 Å². The maximum absolute atomic E-state index is 12.4. The minimum absolute atomic E-state index is 0.267. The Balaban J connectivity index is 2.30. The summed E-state index contributed by atoms with van der Waals surface area (Å²) in [4.78, 5) is 25.3. The summed E-state index contributed by atoms with van der Waals surface area (Å²) >= 11 is 6.29. The van der Waals surface area contributed by atoms with E-state index in [1.807, 2.05) is 36.9 Å². The maximum atomic E-state index is 12.4. The molecule has 1 saturated heterocycles. The first-order chi connectivity index (χ1) is 9.95. The van der Waals surface area contributed by atoms with Gasteiger partial charge in [0.15, 0.2) is 0 Å². The Labute approximate surface area is 132 Å². The van der Waals surface area contributed by atoms with Crippen molar-refractivity contribution in [3.8, 4) is 0 Å². The molecule has 0 radical (unpaired) electrons. The molecule has 1 amide bonds. The SMILES string of the molecule is CCC[C@@H](C(=O)[O-])N1C(=O)/C(=C\c2cccn2C)SC1=S. The lowest BCUT2D eigenvalue weighted by molar-refractivity contribution is -0.310. The molecule has 0 bridgehead atoms. The fourth-order valence-electron chi connectivity index (χ4n) is 2.13. The van der Waals surface area contributed by atoms with Gasteiger partial charge in [0.2, 0.25) is 0 Å². The lowest BCUT2D eigenvalue weighted by Crippen LogP contribution is -2.49. The second-order valence-corrected chi connectivity index (χ2v) is 6.39. The number of carbonyl (C=O) groups is 2. The van der Waals surface area contributed by atoms with Crippen molar-refractivity contribution < 1.29 is 14.7 Å². The molecule has 0 aliphatic carbocycles. The summed E-state index contributed by atoms with van der Waals surface area (Å²) in [6.07, 6.45) is 4.55. The second-order valence-electron chi connectivity index (χ2n) is 4.72. The van der Waals surface area contributed by atoms with Gasteiger partial charge < -0.3 is 14.5 Å². The molecule has 0 unspecified atom stereocenters. The minimum atomic E-state index is -1.27.